The van der Waals surface area contributed by atoms with Crippen molar-refractivity contribution in [3.05, 3.63) is 57.7 Å². The van der Waals surface area contributed by atoms with E-state index in [1.54, 1.807) is 12.4 Å². The van der Waals surface area contributed by atoms with Crippen LogP contribution >= 0.6 is 22.6 Å². The number of hydrogen-bond acceptors (Lipinski definition) is 4. The van der Waals surface area contributed by atoms with Crippen LogP contribution in [0.4, 0.5) is 5.82 Å². The predicted molar refractivity (Wildman–Crippen MR) is 88.1 cm³/mol. The minimum Gasteiger partial charge on any atom is -0.297 e. The van der Waals surface area contributed by atoms with E-state index in [4.69, 9.17) is 0 Å². The molecule has 3 rings (SSSR count). The minimum absolute atomic E-state index is 0.713. The molecular formula is C14H12IN5. The van der Waals surface area contributed by atoms with Crippen LogP contribution in [0.3, 0.4) is 0 Å². The second-order valence-electron chi connectivity index (χ2n) is 4.24. The fourth-order valence-electron chi connectivity index (χ4n) is 1.90. The third kappa shape index (κ3) is 2.64. The summed E-state index contributed by atoms with van der Waals surface area (Å²) in [6.45, 7) is 1.97. The van der Waals surface area contributed by atoms with E-state index in [9.17, 15) is 0 Å². The van der Waals surface area contributed by atoms with Crippen LogP contribution in [-0.4, -0.2) is 20.6 Å². The molecule has 0 aromatic carbocycles. The van der Waals surface area contributed by atoms with Crippen LogP contribution in [0.1, 0.15) is 11.4 Å². The Morgan fingerprint density at radius 3 is 3.00 bits per heavy atom. The number of pyridine rings is 2. The molecule has 3 aromatic heterocycles. The summed E-state index contributed by atoms with van der Waals surface area (Å²) < 4.78 is 3.18. The molecule has 20 heavy (non-hydrogen) atoms. The smallest absolute Gasteiger partial charge is 0.146 e. The first-order chi connectivity index (χ1) is 9.74. The molecule has 0 atom stereocenters. The van der Waals surface area contributed by atoms with Crippen molar-refractivity contribution >= 4 is 40.3 Å². The monoisotopic (exact) mass is 377 g/mol. The van der Waals surface area contributed by atoms with E-state index in [-0.39, 0.29) is 0 Å². The van der Waals surface area contributed by atoms with Crippen molar-refractivity contribution in [2.75, 3.05) is 5.43 Å². The number of hydrogen-bond donors (Lipinski definition) is 1. The van der Waals surface area contributed by atoms with Gasteiger partial charge >= 0.3 is 0 Å². The van der Waals surface area contributed by atoms with E-state index >= 15 is 0 Å². The third-order valence-electron chi connectivity index (χ3n) is 2.83. The summed E-state index contributed by atoms with van der Waals surface area (Å²) >= 11 is 2.28. The highest BCUT2D eigenvalue weighted by Gasteiger charge is 2.06. The molecular weight excluding hydrogens is 365 g/mol. The molecule has 0 aliphatic rings. The Labute approximate surface area is 129 Å². The molecule has 0 aliphatic heterocycles. The highest BCUT2D eigenvalue weighted by molar-refractivity contribution is 14.1. The Morgan fingerprint density at radius 1 is 1.30 bits per heavy atom. The maximum Gasteiger partial charge on any atom is 0.146 e. The van der Waals surface area contributed by atoms with Gasteiger partial charge in [0.15, 0.2) is 0 Å². The minimum atomic E-state index is 0.713. The molecule has 0 unspecified atom stereocenters. The lowest BCUT2D eigenvalue weighted by molar-refractivity contribution is 1.15. The summed E-state index contributed by atoms with van der Waals surface area (Å²) in [5.74, 6) is 0.713. The summed E-state index contributed by atoms with van der Waals surface area (Å²) in [6.07, 6.45) is 5.53. The first-order valence-corrected chi connectivity index (χ1v) is 7.16. The van der Waals surface area contributed by atoms with E-state index in [2.05, 4.69) is 43.1 Å². The van der Waals surface area contributed by atoms with Crippen molar-refractivity contribution in [2.45, 2.75) is 6.92 Å². The molecule has 0 aliphatic carbocycles. The van der Waals surface area contributed by atoms with Crippen LogP contribution < -0.4 is 5.43 Å². The van der Waals surface area contributed by atoms with Gasteiger partial charge < -0.3 is 0 Å². The first-order valence-electron chi connectivity index (χ1n) is 6.08. The number of aryl methyl sites for hydroxylation is 1. The molecule has 3 heterocycles. The van der Waals surface area contributed by atoms with Crippen LogP contribution in [0, 0.1) is 10.5 Å². The van der Waals surface area contributed by atoms with Gasteiger partial charge in [-0.05, 0) is 53.8 Å². The molecule has 0 fully saturated rings. The summed E-state index contributed by atoms with van der Waals surface area (Å²) in [6, 6.07) is 9.67. The van der Waals surface area contributed by atoms with Gasteiger partial charge in [-0.25, -0.2) is 9.97 Å². The predicted octanol–water partition coefficient (Wildman–Crippen LogP) is 3.09. The average Bonchev–Trinajstić information content (AvgIpc) is 2.76. The molecule has 0 radical (unpaired) electrons. The Morgan fingerprint density at radius 2 is 2.20 bits per heavy atom. The summed E-state index contributed by atoms with van der Waals surface area (Å²) in [5.41, 5.74) is 5.73. The highest BCUT2D eigenvalue weighted by Crippen LogP contribution is 2.13. The second kappa shape index (κ2) is 5.58. The molecule has 0 bridgehead atoms. The summed E-state index contributed by atoms with van der Waals surface area (Å²) in [7, 11) is 0. The number of imidazole rings is 1. The largest absolute Gasteiger partial charge is 0.297 e. The lowest BCUT2D eigenvalue weighted by Gasteiger charge is -1.99. The van der Waals surface area contributed by atoms with Gasteiger partial charge in [-0.3, -0.25) is 9.83 Å². The van der Waals surface area contributed by atoms with Gasteiger partial charge in [0, 0.05) is 16.0 Å². The zero-order valence-electron chi connectivity index (χ0n) is 10.8. The number of halogens is 1. The maximum absolute atomic E-state index is 4.50. The number of anilines is 1. The number of hydrazone groups is 1. The molecule has 0 saturated carbocycles. The van der Waals surface area contributed by atoms with Crippen molar-refractivity contribution in [3.8, 4) is 0 Å². The second-order valence-corrected chi connectivity index (χ2v) is 5.49. The van der Waals surface area contributed by atoms with Crippen molar-refractivity contribution < 1.29 is 0 Å². The average molecular weight is 377 g/mol. The van der Waals surface area contributed by atoms with Crippen molar-refractivity contribution in [1.82, 2.24) is 14.4 Å². The molecule has 3 aromatic rings. The van der Waals surface area contributed by atoms with Crippen LogP contribution in [0.15, 0.2) is 47.8 Å². The standard InChI is InChI=1S/C14H12IN5/c1-10-12(8-17-19-13-4-2-3-7-16-13)20-9-11(15)5-6-14(20)18-10/h2-9H,1H3,(H,16,19)/b17-8+. The number of aromatic nitrogens is 3. The van der Waals surface area contributed by atoms with Crippen molar-refractivity contribution in [3.63, 3.8) is 0 Å². The third-order valence-corrected chi connectivity index (χ3v) is 3.47. The van der Waals surface area contributed by atoms with E-state index in [1.165, 1.54) is 0 Å². The number of fused-ring (bicyclic) bond motifs is 1. The molecule has 100 valence electrons. The summed E-state index contributed by atoms with van der Waals surface area (Å²) in [4.78, 5) is 8.65. The topological polar surface area (TPSA) is 54.6 Å². The van der Waals surface area contributed by atoms with Gasteiger partial charge in [0.05, 0.1) is 17.6 Å². The van der Waals surface area contributed by atoms with Gasteiger partial charge in [0.25, 0.3) is 0 Å². The number of nitrogens with one attached hydrogen (secondary N) is 1. The lowest BCUT2D eigenvalue weighted by atomic mass is 10.4. The normalized spacial score (nSPS) is 11.3. The van der Waals surface area contributed by atoms with Crippen molar-refractivity contribution in [2.24, 2.45) is 5.10 Å². The Hall–Kier alpha value is -1.96. The lowest BCUT2D eigenvalue weighted by Crippen LogP contribution is -1.97. The summed E-state index contributed by atoms with van der Waals surface area (Å²) in [5, 5.41) is 4.22. The fraction of sp³-hybridized carbons (Fsp3) is 0.0714. The van der Waals surface area contributed by atoms with E-state index < -0.39 is 0 Å². The van der Waals surface area contributed by atoms with Crippen LogP contribution in [0.5, 0.6) is 0 Å². The zero-order valence-corrected chi connectivity index (χ0v) is 12.9. The quantitative estimate of drug-likeness (QED) is 0.434. The van der Waals surface area contributed by atoms with E-state index in [0.717, 1.165) is 20.6 Å². The molecule has 0 spiro atoms. The fourth-order valence-corrected chi connectivity index (χ4v) is 2.36. The van der Waals surface area contributed by atoms with Crippen LogP contribution in [0.25, 0.3) is 5.65 Å². The molecule has 0 saturated heterocycles. The Balaban J connectivity index is 1.90. The van der Waals surface area contributed by atoms with Crippen LogP contribution in [0.2, 0.25) is 0 Å². The Bertz CT molecular complexity index is 764. The van der Waals surface area contributed by atoms with Crippen LogP contribution in [-0.2, 0) is 0 Å². The van der Waals surface area contributed by atoms with Gasteiger partial charge in [-0.15, -0.1) is 0 Å². The van der Waals surface area contributed by atoms with Gasteiger partial charge in [0.1, 0.15) is 11.5 Å². The van der Waals surface area contributed by atoms with Gasteiger partial charge in [-0.1, -0.05) is 6.07 Å². The number of rotatable bonds is 3. The SMILES string of the molecule is Cc1nc2ccc(I)cn2c1/C=N/Nc1ccccn1. The van der Waals surface area contributed by atoms with E-state index in [1.807, 2.05) is 47.9 Å². The molecule has 0 amide bonds. The molecule has 5 nitrogen and oxygen atoms in total. The maximum atomic E-state index is 4.50. The molecule has 1 N–H and O–H groups in total. The van der Waals surface area contributed by atoms with Gasteiger partial charge in [0.2, 0.25) is 0 Å². The zero-order chi connectivity index (χ0) is 13.9. The van der Waals surface area contributed by atoms with Gasteiger partial charge in [-0.2, -0.15) is 5.10 Å². The first kappa shape index (κ1) is 13.0. The van der Waals surface area contributed by atoms with Crippen molar-refractivity contribution in [1.29, 1.82) is 0 Å². The van der Waals surface area contributed by atoms with E-state index in [0.29, 0.717) is 5.82 Å². The Kier molecular flexibility index (Phi) is 3.64. The number of nitrogens with zero attached hydrogens (tertiary/aromatic N) is 4. The highest BCUT2D eigenvalue weighted by atomic mass is 127. The molecule has 6 heteroatoms.